The standard InChI is InChI=1S/C14H21NO/c1-4-6-14(16)15-13-8-5-7-12(10-13)9-11(2)3/h5,7-8,10-11H,4,6,9H2,1-3H3,(H,15,16). The molecule has 0 aliphatic heterocycles. The number of carbonyl (C=O) groups excluding carboxylic acids is 1. The summed E-state index contributed by atoms with van der Waals surface area (Å²) in [5.41, 5.74) is 2.20. The molecule has 0 saturated carbocycles. The van der Waals surface area contributed by atoms with Gasteiger partial charge >= 0.3 is 0 Å². The van der Waals surface area contributed by atoms with Crippen molar-refractivity contribution in [2.45, 2.75) is 40.0 Å². The van der Waals surface area contributed by atoms with E-state index in [9.17, 15) is 4.79 Å². The second-order valence-electron chi connectivity index (χ2n) is 4.60. The van der Waals surface area contributed by atoms with Gasteiger partial charge in [-0.1, -0.05) is 32.9 Å². The van der Waals surface area contributed by atoms with Gasteiger partial charge in [0.2, 0.25) is 5.91 Å². The summed E-state index contributed by atoms with van der Waals surface area (Å²) in [5.74, 6) is 0.741. The number of hydrogen-bond donors (Lipinski definition) is 1. The van der Waals surface area contributed by atoms with Crippen LogP contribution in [-0.2, 0) is 11.2 Å². The maximum Gasteiger partial charge on any atom is 0.224 e. The molecule has 2 nitrogen and oxygen atoms in total. The molecule has 1 N–H and O–H groups in total. The molecule has 0 bridgehead atoms. The zero-order valence-electron chi connectivity index (χ0n) is 10.4. The Balaban J connectivity index is 2.63. The fourth-order valence-corrected chi connectivity index (χ4v) is 1.70. The van der Waals surface area contributed by atoms with Crippen molar-refractivity contribution in [3.8, 4) is 0 Å². The van der Waals surface area contributed by atoms with Crippen molar-refractivity contribution >= 4 is 11.6 Å². The highest BCUT2D eigenvalue weighted by Crippen LogP contribution is 2.14. The highest BCUT2D eigenvalue weighted by atomic mass is 16.1. The number of carbonyl (C=O) groups is 1. The Morgan fingerprint density at radius 2 is 2.12 bits per heavy atom. The van der Waals surface area contributed by atoms with E-state index in [-0.39, 0.29) is 5.91 Å². The van der Waals surface area contributed by atoms with Crippen LogP contribution in [0.2, 0.25) is 0 Å². The summed E-state index contributed by atoms with van der Waals surface area (Å²) < 4.78 is 0. The van der Waals surface area contributed by atoms with Gasteiger partial charge in [-0.25, -0.2) is 0 Å². The number of anilines is 1. The number of amides is 1. The Bertz CT molecular complexity index is 344. The molecule has 1 aromatic rings. The molecule has 0 fully saturated rings. The van der Waals surface area contributed by atoms with Gasteiger partial charge in [-0.2, -0.15) is 0 Å². The molecule has 16 heavy (non-hydrogen) atoms. The molecular formula is C14H21NO. The number of benzene rings is 1. The largest absolute Gasteiger partial charge is 0.326 e. The van der Waals surface area contributed by atoms with Crippen molar-refractivity contribution < 1.29 is 4.79 Å². The van der Waals surface area contributed by atoms with Crippen LogP contribution >= 0.6 is 0 Å². The summed E-state index contributed by atoms with van der Waals surface area (Å²) in [5, 5.41) is 2.92. The van der Waals surface area contributed by atoms with Crippen LogP contribution in [0.5, 0.6) is 0 Å². The van der Waals surface area contributed by atoms with E-state index in [1.54, 1.807) is 0 Å². The van der Waals surface area contributed by atoms with E-state index in [2.05, 4.69) is 31.3 Å². The first-order valence-corrected chi connectivity index (χ1v) is 6.00. The van der Waals surface area contributed by atoms with Crippen LogP contribution in [-0.4, -0.2) is 5.91 Å². The number of hydrogen-bond acceptors (Lipinski definition) is 1. The normalized spacial score (nSPS) is 10.5. The van der Waals surface area contributed by atoms with E-state index in [1.807, 2.05) is 19.1 Å². The second kappa shape index (κ2) is 6.31. The molecule has 1 rings (SSSR count). The maximum atomic E-state index is 11.4. The third kappa shape index (κ3) is 4.47. The summed E-state index contributed by atoms with van der Waals surface area (Å²) in [6.45, 7) is 6.40. The molecule has 0 aliphatic carbocycles. The minimum Gasteiger partial charge on any atom is -0.326 e. The van der Waals surface area contributed by atoms with Crippen LogP contribution in [0.15, 0.2) is 24.3 Å². The fraction of sp³-hybridized carbons (Fsp3) is 0.500. The second-order valence-corrected chi connectivity index (χ2v) is 4.60. The maximum absolute atomic E-state index is 11.4. The molecule has 0 saturated heterocycles. The van der Waals surface area contributed by atoms with Crippen LogP contribution < -0.4 is 5.32 Å². The van der Waals surface area contributed by atoms with Gasteiger partial charge in [0.15, 0.2) is 0 Å². The molecule has 2 heteroatoms. The van der Waals surface area contributed by atoms with E-state index in [4.69, 9.17) is 0 Å². The molecule has 0 spiro atoms. The summed E-state index contributed by atoms with van der Waals surface area (Å²) in [4.78, 5) is 11.4. The van der Waals surface area contributed by atoms with Crippen LogP contribution in [0.4, 0.5) is 5.69 Å². The lowest BCUT2D eigenvalue weighted by Crippen LogP contribution is -2.10. The fourth-order valence-electron chi connectivity index (χ4n) is 1.70. The average Bonchev–Trinajstić information content (AvgIpc) is 2.17. The van der Waals surface area contributed by atoms with Gasteiger partial charge < -0.3 is 5.32 Å². The third-order valence-corrected chi connectivity index (χ3v) is 2.33. The van der Waals surface area contributed by atoms with Crippen LogP contribution in [0, 0.1) is 5.92 Å². The highest BCUT2D eigenvalue weighted by Gasteiger charge is 2.02. The van der Waals surface area contributed by atoms with Crippen molar-refractivity contribution in [1.29, 1.82) is 0 Å². The quantitative estimate of drug-likeness (QED) is 0.805. The van der Waals surface area contributed by atoms with E-state index in [0.717, 1.165) is 18.5 Å². The van der Waals surface area contributed by atoms with Crippen LogP contribution in [0.1, 0.15) is 39.2 Å². The van der Waals surface area contributed by atoms with Gasteiger partial charge in [0.05, 0.1) is 0 Å². The summed E-state index contributed by atoms with van der Waals surface area (Å²) in [6, 6.07) is 8.11. The van der Waals surface area contributed by atoms with Crippen molar-refractivity contribution in [2.75, 3.05) is 5.32 Å². The first kappa shape index (κ1) is 12.8. The third-order valence-electron chi connectivity index (χ3n) is 2.33. The highest BCUT2D eigenvalue weighted by molar-refractivity contribution is 5.90. The SMILES string of the molecule is CCCC(=O)Nc1cccc(CC(C)C)c1. The zero-order chi connectivity index (χ0) is 12.0. The van der Waals surface area contributed by atoms with E-state index in [1.165, 1.54) is 5.56 Å². The van der Waals surface area contributed by atoms with Gasteiger partial charge in [0.25, 0.3) is 0 Å². The van der Waals surface area contributed by atoms with Gasteiger partial charge in [-0.05, 0) is 36.5 Å². The van der Waals surface area contributed by atoms with E-state index in [0.29, 0.717) is 12.3 Å². The predicted octanol–water partition coefficient (Wildman–Crippen LogP) is 3.62. The number of nitrogens with one attached hydrogen (secondary N) is 1. The molecule has 0 aromatic heterocycles. The van der Waals surface area contributed by atoms with Gasteiger partial charge in [-0.3, -0.25) is 4.79 Å². The monoisotopic (exact) mass is 219 g/mol. The van der Waals surface area contributed by atoms with Gasteiger partial charge in [0, 0.05) is 12.1 Å². The van der Waals surface area contributed by atoms with Crippen LogP contribution in [0.3, 0.4) is 0 Å². The lowest BCUT2D eigenvalue weighted by Gasteiger charge is -2.08. The topological polar surface area (TPSA) is 29.1 Å². The number of rotatable bonds is 5. The van der Waals surface area contributed by atoms with Crippen LogP contribution in [0.25, 0.3) is 0 Å². The summed E-state index contributed by atoms with van der Waals surface area (Å²) in [7, 11) is 0. The van der Waals surface area contributed by atoms with Crippen molar-refractivity contribution in [1.82, 2.24) is 0 Å². The predicted molar refractivity (Wildman–Crippen MR) is 68.5 cm³/mol. The molecule has 1 amide bonds. The summed E-state index contributed by atoms with van der Waals surface area (Å²) >= 11 is 0. The molecule has 0 aliphatic rings. The molecular weight excluding hydrogens is 198 g/mol. The first-order chi connectivity index (χ1) is 7.61. The Morgan fingerprint density at radius 3 is 2.75 bits per heavy atom. The minimum atomic E-state index is 0.101. The van der Waals surface area contributed by atoms with Crippen molar-refractivity contribution in [3.05, 3.63) is 29.8 Å². The molecule has 88 valence electrons. The van der Waals surface area contributed by atoms with Gasteiger partial charge in [0.1, 0.15) is 0 Å². The van der Waals surface area contributed by atoms with Crippen molar-refractivity contribution in [3.63, 3.8) is 0 Å². The Kier molecular flexibility index (Phi) is 5.03. The molecule has 0 atom stereocenters. The lowest BCUT2D eigenvalue weighted by atomic mass is 10.0. The average molecular weight is 219 g/mol. The molecule has 0 heterocycles. The summed E-state index contributed by atoms with van der Waals surface area (Å²) in [6.07, 6.45) is 2.53. The Morgan fingerprint density at radius 1 is 1.38 bits per heavy atom. The lowest BCUT2D eigenvalue weighted by molar-refractivity contribution is -0.116. The minimum absolute atomic E-state index is 0.101. The molecule has 1 aromatic carbocycles. The van der Waals surface area contributed by atoms with E-state index < -0.39 is 0 Å². The van der Waals surface area contributed by atoms with Gasteiger partial charge in [-0.15, -0.1) is 0 Å². The first-order valence-electron chi connectivity index (χ1n) is 6.00. The zero-order valence-corrected chi connectivity index (χ0v) is 10.4. The van der Waals surface area contributed by atoms with Crippen molar-refractivity contribution in [2.24, 2.45) is 5.92 Å². The Hall–Kier alpha value is -1.31. The molecule has 0 unspecified atom stereocenters. The molecule has 0 radical (unpaired) electrons. The smallest absolute Gasteiger partial charge is 0.224 e. The van der Waals surface area contributed by atoms with E-state index >= 15 is 0 Å². The Labute approximate surface area is 98.1 Å².